The van der Waals surface area contributed by atoms with Crippen molar-refractivity contribution in [1.29, 1.82) is 0 Å². The van der Waals surface area contributed by atoms with Crippen LogP contribution in [0.3, 0.4) is 0 Å². The van der Waals surface area contributed by atoms with Crippen LogP contribution in [0.15, 0.2) is 85.9 Å². The van der Waals surface area contributed by atoms with E-state index < -0.39 is 76.0 Å². The first-order valence-corrected chi connectivity index (χ1v) is 16.7. The molecule has 17 nitrogen and oxygen atoms in total. The van der Waals surface area contributed by atoms with E-state index in [-0.39, 0.29) is 130 Å². The molecule has 0 atom stereocenters. The van der Waals surface area contributed by atoms with Gasteiger partial charge in [-0.1, -0.05) is 26.8 Å². The number of aliphatic carboxylic acids is 1. The van der Waals surface area contributed by atoms with Crippen molar-refractivity contribution in [1.82, 2.24) is 14.7 Å². The summed E-state index contributed by atoms with van der Waals surface area (Å²) < 4.78 is 67.4. The Morgan fingerprint density at radius 3 is 1.58 bits per heavy atom. The number of hydrogen-bond acceptors (Lipinski definition) is 14. The molecule has 0 aliphatic carbocycles. The topological polar surface area (TPSA) is 268 Å². The first-order valence-electron chi connectivity index (χ1n) is 13.9. The zero-order valence-corrected chi connectivity index (χ0v) is 39.1. The van der Waals surface area contributed by atoms with Crippen molar-refractivity contribution < 1.29 is 169 Å². The van der Waals surface area contributed by atoms with Crippen LogP contribution in [0.2, 0.25) is 0 Å². The molecule has 1 amide bonds. The van der Waals surface area contributed by atoms with Crippen LogP contribution in [-0.4, -0.2) is 83.8 Å². The van der Waals surface area contributed by atoms with Gasteiger partial charge in [0.2, 0.25) is 0 Å². The predicted octanol–water partition coefficient (Wildman–Crippen LogP) is -13.2. The van der Waals surface area contributed by atoms with E-state index >= 15 is 0 Å². The fourth-order valence-corrected chi connectivity index (χ4v) is 5.20. The molecule has 0 fully saturated rings. The van der Waals surface area contributed by atoms with Crippen molar-refractivity contribution in [3.8, 4) is 5.69 Å². The largest absolute Gasteiger partial charge is 1.00 e. The summed E-state index contributed by atoms with van der Waals surface area (Å²) in [5, 5.41) is 29.7. The van der Waals surface area contributed by atoms with Crippen molar-refractivity contribution in [3.63, 3.8) is 0 Å². The number of carboxylic acid groups (broad SMARTS) is 2. The van der Waals surface area contributed by atoms with E-state index in [1.807, 2.05) is 0 Å². The number of rotatable bonds is 11. The van der Waals surface area contributed by atoms with Gasteiger partial charge < -0.3 is 33.8 Å². The molecule has 0 saturated carbocycles. The number of carbonyl (C=O) groups excluding carboxylic acids is 3. The Bertz CT molecular complexity index is 2090. The van der Waals surface area contributed by atoms with Crippen LogP contribution in [-0.2, 0) is 29.8 Å². The molecule has 1 aliphatic rings. The number of aromatic amines is 1. The zero-order chi connectivity index (χ0) is 36.0. The van der Waals surface area contributed by atoms with Crippen molar-refractivity contribution >= 4 is 55.6 Å². The number of amides is 1. The smallest absolute Gasteiger partial charge is 0.744 e. The van der Waals surface area contributed by atoms with Crippen LogP contribution in [0.25, 0.3) is 11.8 Å². The quantitative estimate of drug-likeness (QED) is 0.108. The van der Waals surface area contributed by atoms with Gasteiger partial charge in [-0.05, 0) is 80.3 Å². The molecule has 52 heavy (non-hydrogen) atoms. The second kappa shape index (κ2) is 23.0. The number of carbonyl (C=O) groups is 3. The fraction of sp³-hybridized carbons (Fsp3) is 0.207. The van der Waals surface area contributed by atoms with E-state index in [0.717, 1.165) is 66.8 Å². The van der Waals surface area contributed by atoms with E-state index in [2.05, 4.69) is 35.9 Å². The molecule has 1 aromatic heterocycles. The second-order valence-electron chi connectivity index (χ2n) is 9.64. The summed E-state index contributed by atoms with van der Waals surface area (Å²) in [6.45, 7) is 10.1. The van der Waals surface area contributed by atoms with E-state index in [9.17, 15) is 55.3 Å². The van der Waals surface area contributed by atoms with Gasteiger partial charge in [-0.3, -0.25) is 14.7 Å². The van der Waals surface area contributed by atoms with Gasteiger partial charge in [0, 0.05) is 0 Å². The van der Waals surface area contributed by atoms with Crippen molar-refractivity contribution in [2.24, 2.45) is 5.10 Å². The number of hydrogen-bond donors (Lipinski definition) is 1. The van der Waals surface area contributed by atoms with E-state index in [0.29, 0.717) is 9.69 Å². The third-order valence-electron chi connectivity index (χ3n) is 6.82. The van der Waals surface area contributed by atoms with Gasteiger partial charge in [-0.15, -0.1) is 0 Å². The van der Waals surface area contributed by atoms with Gasteiger partial charge in [-0.2, -0.15) is 10.1 Å². The number of carboxylic acids is 2. The van der Waals surface area contributed by atoms with Crippen molar-refractivity contribution in [3.05, 3.63) is 87.9 Å². The molecule has 1 aliphatic heterocycles. The fourth-order valence-electron chi connectivity index (χ4n) is 4.26. The first-order chi connectivity index (χ1) is 22.4. The van der Waals surface area contributed by atoms with E-state index in [1.54, 1.807) is 0 Å². The number of allylic oxidation sites excluding steroid dienone is 2. The van der Waals surface area contributed by atoms with Crippen molar-refractivity contribution in [2.75, 3.05) is 24.6 Å². The number of aromatic nitrogens is 2. The summed E-state index contributed by atoms with van der Waals surface area (Å²) >= 11 is 0. The average molecular weight is 794 g/mol. The normalized spacial score (nSPS) is 13.3. The Morgan fingerprint density at radius 2 is 1.21 bits per heavy atom. The molecule has 23 heteroatoms. The molecule has 2 aromatic carbocycles. The summed E-state index contributed by atoms with van der Waals surface area (Å²) in [5.74, 6) is -4.72. The molecule has 0 spiro atoms. The van der Waals surface area contributed by atoms with Crippen LogP contribution in [0.4, 0.5) is 5.69 Å². The molecule has 3 aromatic rings. The molecular weight excluding hydrogens is 766 g/mol. The molecule has 1 N–H and O–H groups in total. The average Bonchev–Trinajstić information content (AvgIpc) is 3.54. The maximum Gasteiger partial charge on any atom is 1.00 e. The molecular formula is C29H27N5Na4O12S2. The third kappa shape index (κ3) is 13.5. The van der Waals surface area contributed by atoms with Gasteiger partial charge in [0.05, 0.1) is 49.9 Å². The third-order valence-corrected chi connectivity index (χ3v) is 8.52. The molecule has 0 unspecified atom stereocenters. The summed E-state index contributed by atoms with van der Waals surface area (Å²) in [4.78, 5) is 50.1. The minimum atomic E-state index is -4.79. The number of hydrazone groups is 1. The maximum absolute atomic E-state index is 12.9. The number of aromatic carboxylic acids is 1. The van der Waals surface area contributed by atoms with Crippen LogP contribution < -0.4 is 139 Å². The zero-order valence-electron chi connectivity index (χ0n) is 29.5. The molecule has 256 valence electrons. The Morgan fingerprint density at radius 1 is 0.769 bits per heavy atom. The predicted molar refractivity (Wildman–Crippen MR) is 164 cm³/mol. The van der Waals surface area contributed by atoms with Crippen LogP contribution in [0, 0.1) is 0 Å². The van der Waals surface area contributed by atoms with Gasteiger partial charge in [0.15, 0.2) is 0 Å². The van der Waals surface area contributed by atoms with E-state index in [1.165, 1.54) is 19.6 Å². The Balaban J connectivity index is 0. The minimum absolute atomic E-state index is 0. The number of nitrogens with one attached hydrogen (secondary N) is 1. The summed E-state index contributed by atoms with van der Waals surface area (Å²) in [5.41, 5.74) is -3.76. The Labute approximate surface area is 387 Å². The Hall–Kier alpha value is -1.21. The van der Waals surface area contributed by atoms with Crippen LogP contribution in [0.5, 0.6) is 0 Å². The molecule has 0 saturated heterocycles. The molecule has 2 heterocycles. The van der Waals surface area contributed by atoms with Gasteiger partial charge in [0.25, 0.3) is 11.5 Å². The van der Waals surface area contributed by atoms with Gasteiger partial charge in [-0.25, -0.2) is 21.5 Å². The second-order valence-corrected chi connectivity index (χ2v) is 12.4. The summed E-state index contributed by atoms with van der Waals surface area (Å²) in [6.07, 6.45) is 2.79. The standard InChI is InChI=1S/C23H16N4O12S2.C6H15N.4Na/c28-20-16(18(22(30)31)24-26(20)12-4-8-14(9-5-12)40(34,35)36)2-1-3-17-19(23(32)33)25-27(21(17)29)13-6-10-15(11-7-13)41(37,38)39;1-4-7(5-2)6-3;;;;/h1-11,24H,(H,30,31)(H,32,33)(H,34,35,36)(H,37,38,39);4-6H2,1-3H3;;;;/q;;4*+1/p-4/b2-1+,17-3-;;;;;. The molecule has 0 radical (unpaired) electrons. The number of benzene rings is 2. The Kier molecular flexibility index (Phi) is 23.4. The number of anilines is 1. The van der Waals surface area contributed by atoms with Crippen LogP contribution in [0.1, 0.15) is 36.8 Å². The number of H-pyrrole nitrogens is 1. The van der Waals surface area contributed by atoms with Gasteiger partial charge in [0.1, 0.15) is 25.9 Å². The molecule has 0 bridgehead atoms. The van der Waals surface area contributed by atoms with Crippen LogP contribution >= 0.6 is 0 Å². The van der Waals surface area contributed by atoms with E-state index in [4.69, 9.17) is 0 Å². The summed E-state index contributed by atoms with van der Waals surface area (Å²) in [7, 11) is -9.58. The maximum atomic E-state index is 12.9. The minimum Gasteiger partial charge on any atom is -0.744 e. The van der Waals surface area contributed by atoms with Crippen molar-refractivity contribution in [2.45, 2.75) is 30.6 Å². The number of nitrogens with zero attached hydrogens (tertiary/aromatic N) is 4. The van der Waals surface area contributed by atoms with Gasteiger partial charge >= 0.3 is 118 Å². The molecule has 4 rings (SSSR count). The first kappa shape index (κ1) is 52.9. The monoisotopic (exact) mass is 793 g/mol. The summed E-state index contributed by atoms with van der Waals surface area (Å²) in [6, 6.07) is 7.74. The SMILES string of the molecule is CCN(CC)CC.O=C([O-])C1=NN(c2ccc(S(=O)(=O)[O-])cc2)C(=O)/C1=C\C=C\c1c(C(=O)[O-])[nH]n(-c2ccc(S(=O)(=O)[O-])cc2)c1=O.[Na+].[Na+].[Na+].[Na+].